The molecule has 3 rings (SSSR count). The van der Waals surface area contributed by atoms with E-state index in [4.69, 9.17) is 4.18 Å². The van der Waals surface area contributed by atoms with Crippen molar-refractivity contribution in [1.82, 2.24) is 5.32 Å². The Morgan fingerprint density at radius 1 is 0.960 bits per heavy atom. The van der Waals surface area contributed by atoms with Crippen molar-refractivity contribution in [2.75, 3.05) is 0 Å². The summed E-state index contributed by atoms with van der Waals surface area (Å²) in [4.78, 5) is 23.1. The molecule has 0 saturated carbocycles. The van der Waals surface area contributed by atoms with E-state index in [0.29, 0.717) is 0 Å². The second-order valence-corrected chi connectivity index (χ2v) is 7.81. The second kappa shape index (κ2) is 6.00. The number of imide groups is 1. The van der Waals surface area contributed by atoms with E-state index < -0.39 is 21.9 Å². The Morgan fingerprint density at radius 3 is 2.32 bits per heavy atom. The summed E-state index contributed by atoms with van der Waals surface area (Å²) in [5.74, 6) is -0.718. The predicted octanol–water partition coefficient (Wildman–Crippen LogP) is 2.77. The molecule has 1 aliphatic rings. The summed E-state index contributed by atoms with van der Waals surface area (Å²) in [6.07, 6.45) is 0. The van der Waals surface area contributed by atoms with Gasteiger partial charge in [0.25, 0.3) is 11.8 Å². The highest BCUT2D eigenvalue weighted by atomic mass is 32.2. The van der Waals surface area contributed by atoms with Crippen molar-refractivity contribution in [2.45, 2.75) is 31.6 Å². The zero-order valence-electron chi connectivity index (χ0n) is 14.0. The van der Waals surface area contributed by atoms with Gasteiger partial charge in [0.2, 0.25) is 0 Å². The van der Waals surface area contributed by atoms with Gasteiger partial charge < -0.3 is 4.18 Å². The normalized spacial score (nSPS) is 13.8. The SMILES string of the molecule is Cc1cc(OS(=O)(=O)c2ccc3c(c2)C(=O)NC3=O)cc(C(C)C)c1. The van der Waals surface area contributed by atoms with Crippen LogP contribution in [0.1, 0.15) is 51.6 Å². The minimum atomic E-state index is -4.13. The third kappa shape index (κ3) is 3.28. The zero-order chi connectivity index (χ0) is 18.4. The van der Waals surface area contributed by atoms with Crippen molar-refractivity contribution in [2.24, 2.45) is 0 Å². The molecular formula is C18H17NO5S. The molecule has 0 atom stereocenters. The average molecular weight is 359 g/mol. The molecule has 0 fully saturated rings. The molecule has 0 bridgehead atoms. The Balaban J connectivity index is 1.97. The summed E-state index contributed by atoms with van der Waals surface area (Å²) < 4.78 is 30.3. The summed E-state index contributed by atoms with van der Waals surface area (Å²) in [7, 11) is -4.13. The Kier molecular flexibility index (Phi) is 4.12. The minimum absolute atomic E-state index is 0.0294. The topological polar surface area (TPSA) is 89.5 Å². The first kappa shape index (κ1) is 17.2. The number of nitrogens with one attached hydrogen (secondary N) is 1. The smallest absolute Gasteiger partial charge is 0.339 e. The number of fused-ring (bicyclic) bond motifs is 1. The highest BCUT2D eigenvalue weighted by molar-refractivity contribution is 7.87. The maximum atomic E-state index is 12.5. The number of benzene rings is 2. The van der Waals surface area contributed by atoms with Crippen molar-refractivity contribution >= 4 is 21.9 Å². The van der Waals surface area contributed by atoms with Gasteiger partial charge in [-0.1, -0.05) is 19.9 Å². The third-order valence-corrected chi connectivity index (χ3v) is 5.18. The molecule has 6 nitrogen and oxygen atoms in total. The van der Waals surface area contributed by atoms with Crippen molar-refractivity contribution in [1.29, 1.82) is 0 Å². The molecule has 0 saturated heterocycles. The maximum Gasteiger partial charge on any atom is 0.339 e. The molecule has 1 aliphatic heterocycles. The monoisotopic (exact) mass is 359 g/mol. The number of aryl methyl sites for hydroxylation is 1. The predicted molar refractivity (Wildman–Crippen MR) is 91.3 cm³/mol. The molecule has 0 aliphatic carbocycles. The number of amides is 2. The van der Waals surface area contributed by atoms with E-state index in [9.17, 15) is 18.0 Å². The van der Waals surface area contributed by atoms with Gasteiger partial charge in [-0.25, -0.2) is 0 Å². The summed E-state index contributed by atoms with van der Waals surface area (Å²) in [5.41, 5.74) is 2.03. The van der Waals surface area contributed by atoms with E-state index in [1.165, 1.54) is 12.1 Å². The van der Waals surface area contributed by atoms with Crippen molar-refractivity contribution < 1.29 is 22.2 Å². The van der Waals surface area contributed by atoms with Gasteiger partial charge in [0, 0.05) is 0 Å². The van der Waals surface area contributed by atoms with Gasteiger partial charge >= 0.3 is 10.1 Å². The first-order valence-electron chi connectivity index (χ1n) is 7.73. The average Bonchev–Trinajstić information content (AvgIpc) is 2.80. The molecule has 0 unspecified atom stereocenters. The second-order valence-electron chi connectivity index (χ2n) is 6.26. The molecule has 25 heavy (non-hydrogen) atoms. The quantitative estimate of drug-likeness (QED) is 0.670. The van der Waals surface area contributed by atoms with Crippen molar-refractivity contribution in [3.63, 3.8) is 0 Å². The van der Waals surface area contributed by atoms with Gasteiger partial charge in [-0.05, 0) is 54.3 Å². The van der Waals surface area contributed by atoms with E-state index >= 15 is 0 Å². The molecule has 130 valence electrons. The fraction of sp³-hybridized carbons (Fsp3) is 0.222. The Labute approximate surface area is 145 Å². The molecule has 1 heterocycles. The van der Waals surface area contributed by atoms with Gasteiger partial charge in [-0.3, -0.25) is 14.9 Å². The minimum Gasteiger partial charge on any atom is -0.379 e. The lowest BCUT2D eigenvalue weighted by Gasteiger charge is -2.12. The van der Waals surface area contributed by atoms with E-state index in [1.54, 1.807) is 12.1 Å². The molecule has 2 aromatic carbocycles. The third-order valence-electron chi connectivity index (χ3n) is 3.94. The van der Waals surface area contributed by atoms with Gasteiger partial charge in [-0.2, -0.15) is 8.42 Å². The van der Waals surface area contributed by atoms with Gasteiger partial charge in [0.1, 0.15) is 10.6 Å². The largest absolute Gasteiger partial charge is 0.379 e. The standard InChI is InChI=1S/C18H17NO5S/c1-10(2)12-6-11(3)7-13(8-12)24-25(22,23)14-4-5-15-16(9-14)18(21)19-17(15)20/h4-10H,1-3H3,(H,19,20,21). The number of hydrogen-bond donors (Lipinski definition) is 1. The summed E-state index contributed by atoms with van der Waals surface area (Å²) in [5, 5.41) is 2.12. The van der Waals surface area contributed by atoms with Crippen LogP contribution >= 0.6 is 0 Å². The lowest BCUT2D eigenvalue weighted by molar-refractivity contribution is 0.0879. The van der Waals surface area contributed by atoms with E-state index in [-0.39, 0.29) is 27.7 Å². The van der Waals surface area contributed by atoms with Crippen molar-refractivity contribution in [3.05, 3.63) is 58.7 Å². The molecule has 0 aromatic heterocycles. The van der Waals surface area contributed by atoms with Gasteiger partial charge in [-0.15, -0.1) is 0 Å². The van der Waals surface area contributed by atoms with Gasteiger partial charge in [0.15, 0.2) is 0 Å². The number of rotatable bonds is 4. The summed E-state index contributed by atoms with van der Waals surface area (Å²) in [6.45, 7) is 5.86. The molecule has 0 spiro atoms. The lowest BCUT2D eigenvalue weighted by atomic mass is 10.0. The Bertz CT molecular complexity index is 993. The van der Waals surface area contributed by atoms with Crippen LogP contribution in [0.25, 0.3) is 0 Å². The lowest BCUT2D eigenvalue weighted by Crippen LogP contribution is -2.19. The van der Waals surface area contributed by atoms with Crippen LogP contribution in [0.2, 0.25) is 0 Å². The molecule has 1 N–H and O–H groups in total. The molecule has 0 radical (unpaired) electrons. The summed E-state index contributed by atoms with van der Waals surface area (Å²) in [6, 6.07) is 9.00. The van der Waals surface area contributed by atoms with Crippen LogP contribution in [-0.2, 0) is 10.1 Å². The molecular weight excluding hydrogens is 342 g/mol. The van der Waals surface area contributed by atoms with Crippen LogP contribution in [-0.4, -0.2) is 20.2 Å². The molecule has 7 heteroatoms. The van der Waals surface area contributed by atoms with Gasteiger partial charge in [0.05, 0.1) is 11.1 Å². The zero-order valence-corrected chi connectivity index (χ0v) is 14.8. The highest BCUT2D eigenvalue weighted by Crippen LogP contribution is 2.27. The number of hydrogen-bond acceptors (Lipinski definition) is 5. The maximum absolute atomic E-state index is 12.5. The fourth-order valence-electron chi connectivity index (χ4n) is 2.64. The first-order chi connectivity index (χ1) is 11.7. The Morgan fingerprint density at radius 2 is 1.64 bits per heavy atom. The van der Waals surface area contributed by atoms with E-state index in [0.717, 1.165) is 17.2 Å². The van der Waals surface area contributed by atoms with E-state index in [2.05, 4.69) is 5.32 Å². The molecule has 2 aromatic rings. The first-order valence-corrected chi connectivity index (χ1v) is 9.14. The van der Waals surface area contributed by atoms with Crippen molar-refractivity contribution in [3.8, 4) is 5.75 Å². The number of carbonyl (C=O) groups is 2. The van der Waals surface area contributed by atoms with Crippen LogP contribution in [0, 0.1) is 6.92 Å². The molecule has 2 amide bonds. The Hall–Kier alpha value is -2.67. The van der Waals surface area contributed by atoms with Crippen LogP contribution < -0.4 is 9.50 Å². The number of carbonyl (C=O) groups excluding carboxylic acids is 2. The highest BCUT2D eigenvalue weighted by Gasteiger charge is 2.29. The van der Waals surface area contributed by atoms with Crippen LogP contribution in [0.4, 0.5) is 0 Å². The summed E-state index contributed by atoms with van der Waals surface area (Å²) >= 11 is 0. The van der Waals surface area contributed by atoms with Crippen LogP contribution in [0.3, 0.4) is 0 Å². The van der Waals surface area contributed by atoms with Crippen LogP contribution in [0.5, 0.6) is 5.75 Å². The fourth-order valence-corrected chi connectivity index (χ4v) is 3.58. The van der Waals surface area contributed by atoms with E-state index in [1.807, 2.05) is 26.8 Å². The van der Waals surface area contributed by atoms with Crippen LogP contribution in [0.15, 0.2) is 41.3 Å².